The van der Waals surface area contributed by atoms with Crippen LogP contribution in [0.15, 0.2) is 42.5 Å². The zero-order valence-electron chi connectivity index (χ0n) is 14.8. The topological polar surface area (TPSA) is 38.3 Å². The average molecular weight is 329 g/mol. The highest BCUT2D eigenvalue weighted by molar-refractivity contribution is 5.94. The van der Waals surface area contributed by atoms with E-state index in [1.807, 2.05) is 24.3 Å². The molecule has 2 aromatic carbocycles. The molecule has 0 unspecified atom stereocenters. The molecule has 1 amide bonds. The number of ether oxygens (including phenoxy) is 1. The molecule has 0 saturated heterocycles. The molecular weight excluding hydrogens is 305 g/mol. The Hall–Kier alpha value is -2.36. The Morgan fingerprint density at radius 1 is 1.12 bits per heavy atom. The third-order valence-electron chi connectivity index (χ3n) is 3.84. The van der Waals surface area contributed by atoms with E-state index in [9.17, 15) is 9.18 Å². The first-order valence-electron chi connectivity index (χ1n) is 8.01. The second kappa shape index (κ2) is 7.04. The summed E-state index contributed by atoms with van der Waals surface area (Å²) < 4.78 is 19.2. The van der Waals surface area contributed by atoms with Gasteiger partial charge in [0.15, 0.2) is 6.10 Å². The van der Waals surface area contributed by atoms with E-state index in [1.54, 1.807) is 26.0 Å². The van der Waals surface area contributed by atoms with Crippen LogP contribution in [0.2, 0.25) is 0 Å². The first kappa shape index (κ1) is 18.0. The molecule has 24 heavy (non-hydrogen) atoms. The van der Waals surface area contributed by atoms with Gasteiger partial charge in [-0.25, -0.2) is 4.39 Å². The lowest BCUT2D eigenvalue weighted by Crippen LogP contribution is -2.30. The van der Waals surface area contributed by atoms with Crippen LogP contribution in [0.4, 0.5) is 10.1 Å². The summed E-state index contributed by atoms with van der Waals surface area (Å²) in [6.07, 6.45) is -0.685. The van der Waals surface area contributed by atoms with Crippen molar-refractivity contribution in [1.82, 2.24) is 0 Å². The second-order valence-electron chi connectivity index (χ2n) is 6.99. The Kier molecular flexibility index (Phi) is 5.27. The van der Waals surface area contributed by atoms with Gasteiger partial charge in [-0.3, -0.25) is 4.79 Å². The summed E-state index contributed by atoms with van der Waals surface area (Å²) in [4.78, 5) is 12.2. The predicted molar refractivity (Wildman–Crippen MR) is 95.0 cm³/mol. The van der Waals surface area contributed by atoms with Crippen molar-refractivity contribution in [2.75, 3.05) is 5.32 Å². The molecule has 0 fully saturated rings. The maximum atomic E-state index is 13.5. The summed E-state index contributed by atoms with van der Waals surface area (Å²) in [7, 11) is 0. The molecular formula is C20H24FNO2. The number of carbonyl (C=O) groups excluding carboxylic acids is 1. The first-order chi connectivity index (χ1) is 11.2. The Balaban J connectivity index is 1.99. The van der Waals surface area contributed by atoms with Crippen LogP contribution in [0.1, 0.15) is 38.8 Å². The van der Waals surface area contributed by atoms with Gasteiger partial charge in [-0.1, -0.05) is 39.0 Å². The fraction of sp³-hybridized carbons (Fsp3) is 0.350. The van der Waals surface area contributed by atoms with Gasteiger partial charge in [-0.05, 0) is 54.7 Å². The Bertz CT molecular complexity index is 717. The monoisotopic (exact) mass is 329 g/mol. The maximum absolute atomic E-state index is 13.5. The molecule has 0 aliphatic rings. The zero-order chi connectivity index (χ0) is 17.9. The van der Waals surface area contributed by atoms with Gasteiger partial charge in [-0.2, -0.15) is 0 Å². The minimum absolute atomic E-state index is 0.0665. The molecule has 0 spiro atoms. The Morgan fingerprint density at radius 3 is 2.29 bits per heavy atom. The summed E-state index contributed by atoms with van der Waals surface area (Å²) in [5.74, 6) is -0.0435. The van der Waals surface area contributed by atoms with Gasteiger partial charge in [0.2, 0.25) is 0 Å². The summed E-state index contributed by atoms with van der Waals surface area (Å²) in [5, 5.41) is 2.66. The quantitative estimate of drug-likeness (QED) is 0.872. The van der Waals surface area contributed by atoms with Gasteiger partial charge < -0.3 is 10.1 Å². The lowest BCUT2D eigenvalue weighted by atomic mass is 9.87. The van der Waals surface area contributed by atoms with Crippen molar-refractivity contribution in [2.24, 2.45) is 0 Å². The van der Waals surface area contributed by atoms with Crippen LogP contribution in [0, 0.1) is 12.7 Å². The standard InChI is InChI=1S/C20H24FNO2/c1-13-6-9-16(12-18(13)21)22-19(23)14(2)24-17-10-7-15(8-11-17)20(3,4)5/h6-12,14H,1-5H3,(H,22,23)/t14-/m0/s1. The molecule has 1 N–H and O–H groups in total. The first-order valence-corrected chi connectivity index (χ1v) is 8.01. The summed E-state index contributed by atoms with van der Waals surface area (Å²) in [6, 6.07) is 12.3. The number of amides is 1. The third kappa shape index (κ3) is 4.57. The van der Waals surface area contributed by atoms with Crippen molar-refractivity contribution in [2.45, 2.75) is 46.1 Å². The maximum Gasteiger partial charge on any atom is 0.265 e. The number of nitrogens with one attached hydrogen (secondary N) is 1. The van der Waals surface area contributed by atoms with Crippen LogP contribution in [0.3, 0.4) is 0 Å². The van der Waals surface area contributed by atoms with Gasteiger partial charge in [0, 0.05) is 5.69 Å². The number of hydrogen-bond donors (Lipinski definition) is 1. The highest BCUT2D eigenvalue weighted by Gasteiger charge is 2.17. The number of aryl methyl sites for hydroxylation is 1. The minimum Gasteiger partial charge on any atom is -0.481 e. The molecule has 0 saturated carbocycles. The molecule has 0 bridgehead atoms. The van der Waals surface area contributed by atoms with Crippen LogP contribution in [0.5, 0.6) is 5.75 Å². The molecule has 4 heteroatoms. The fourth-order valence-electron chi connectivity index (χ4n) is 2.21. The molecule has 0 aliphatic carbocycles. The van der Waals surface area contributed by atoms with Crippen LogP contribution in [-0.2, 0) is 10.2 Å². The number of rotatable bonds is 4. The summed E-state index contributed by atoms with van der Waals surface area (Å²) in [6.45, 7) is 9.75. The third-order valence-corrected chi connectivity index (χ3v) is 3.84. The molecule has 0 radical (unpaired) electrons. The highest BCUT2D eigenvalue weighted by Crippen LogP contribution is 2.24. The van der Waals surface area contributed by atoms with Gasteiger partial charge in [0.25, 0.3) is 5.91 Å². The van der Waals surface area contributed by atoms with Gasteiger partial charge in [0.05, 0.1) is 0 Å². The van der Waals surface area contributed by atoms with Gasteiger partial charge in [0.1, 0.15) is 11.6 Å². The van der Waals surface area contributed by atoms with Gasteiger partial charge >= 0.3 is 0 Å². The summed E-state index contributed by atoms with van der Waals surface area (Å²) in [5.41, 5.74) is 2.22. The Labute approximate surface area is 142 Å². The average Bonchev–Trinajstić information content (AvgIpc) is 2.50. The number of carbonyl (C=O) groups is 1. The molecule has 128 valence electrons. The van der Waals surface area contributed by atoms with Crippen LogP contribution >= 0.6 is 0 Å². The van der Waals surface area contributed by atoms with Gasteiger partial charge in [-0.15, -0.1) is 0 Å². The van der Waals surface area contributed by atoms with Crippen molar-refractivity contribution in [3.63, 3.8) is 0 Å². The number of anilines is 1. The second-order valence-corrected chi connectivity index (χ2v) is 6.99. The number of benzene rings is 2. The number of halogens is 1. The Morgan fingerprint density at radius 2 is 1.75 bits per heavy atom. The predicted octanol–water partition coefficient (Wildman–Crippen LogP) is 4.84. The van der Waals surface area contributed by atoms with Crippen LogP contribution in [-0.4, -0.2) is 12.0 Å². The van der Waals surface area contributed by atoms with Crippen molar-refractivity contribution in [1.29, 1.82) is 0 Å². The normalized spacial score (nSPS) is 12.6. The van der Waals surface area contributed by atoms with E-state index in [-0.39, 0.29) is 17.1 Å². The molecule has 1 atom stereocenters. The van der Waals surface area contributed by atoms with Crippen molar-refractivity contribution >= 4 is 11.6 Å². The molecule has 3 nitrogen and oxygen atoms in total. The lowest BCUT2D eigenvalue weighted by Gasteiger charge is -2.20. The van der Waals surface area contributed by atoms with Crippen molar-refractivity contribution in [3.05, 3.63) is 59.4 Å². The summed E-state index contributed by atoms with van der Waals surface area (Å²) >= 11 is 0. The highest BCUT2D eigenvalue weighted by atomic mass is 19.1. The molecule has 2 rings (SSSR count). The molecule has 0 aliphatic heterocycles. The SMILES string of the molecule is Cc1ccc(NC(=O)[C@H](C)Oc2ccc(C(C)(C)C)cc2)cc1F. The van der Waals surface area contributed by atoms with E-state index in [0.717, 1.165) is 0 Å². The smallest absolute Gasteiger partial charge is 0.265 e. The van der Waals surface area contributed by atoms with E-state index >= 15 is 0 Å². The number of hydrogen-bond acceptors (Lipinski definition) is 2. The van der Waals surface area contributed by atoms with E-state index in [1.165, 1.54) is 11.6 Å². The van der Waals surface area contributed by atoms with Crippen LogP contribution in [0.25, 0.3) is 0 Å². The van der Waals surface area contributed by atoms with Crippen molar-refractivity contribution < 1.29 is 13.9 Å². The molecule has 0 heterocycles. The van der Waals surface area contributed by atoms with Crippen LogP contribution < -0.4 is 10.1 Å². The largest absolute Gasteiger partial charge is 0.481 e. The van der Waals surface area contributed by atoms with E-state index in [0.29, 0.717) is 17.0 Å². The van der Waals surface area contributed by atoms with E-state index < -0.39 is 6.10 Å². The fourth-order valence-corrected chi connectivity index (χ4v) is 2.21. The molecule has 2 aromatic rings. The minimum atomic E-state index is -0.685. The van der Waals surface area contributed by atoms with E-state index in [4.69, 9.17) is 4.74 Å². The van der Waals surface area contributed by atoms with E-state index in [2.05, 4.69) is 26.1 Å². The lowest BCUT2D eigenvalue weighted by molar-refractivity contribution is -0.122. The zero-order valence-corrected chi connectivity index (χ0v) is 14.8. The van der Waals surface area contributed by atoms with Crippen molar-refractivity contribution in [3.8, 4) is 5.75 Å². The molecule has 0 aromatic heterocycles.